The Bertz CT molecular complexity index is 1210. The van der Waals surface area contributed by atoms with Crippen LogP contribution in [0.5, 0.6) is 17.2 Å². The number of rotatable bonds is 10. The van der Waals surface area contributed by atoms with Gasteiger partial charge in [-0.1, -0.05) is 0 Å². The Morgan fingerprint density at radius 3 is 2.34 bits per heavy atom. The molecule has 0 saturated carbocycles. The predicted octanol–water partition coefficient (Wildman–Crippen LogP) is 5.87. The minimum atomic E-state index is -1.38. The maximum absolute atomic E-state index is 13.8. The maximum Gasteiger partial charge on any atom is 0.163 e. The number of aryl methyl sites for hydroxylation is 1. The average molecular weight is 482 g/mol. The number of benzene rings is 2. The Hall–Kier alpha value is -3.45. The monoisotopic (exact) mass is 481 g/mol. The quantitative estimate of drug-likeness (QED) is 0.365. The standard InChI is InChI=1S/C28H32FNO5/c1-17(2)35-23-10-8-19(16-25(23)34-6)22(31)13-14-28(4,32)26-12-11-24(33-5)27(30-26)20-7-9-21(29)18(3)15-20/h7-12,15-17,32H,13-14H2,1-6H3. The first-order valence-corrected chi connectivity index (χ1v) is 11.5. The van der Waals surface area contributed by atoms with Crippen molar-refractivity contribution in [2.45, 2.75) is 52.2 Å². The van der Waals surface area contributed by atoms with Crippen LogP contribution in [0.2, 0.25) is 0 Å². The number of carbonyl (C=O) groups is 1. The van der Waals surface area contributed by atoms with E-state index in [4.69, 9.17) is 14.2 Å². The zero-order valence-electron chi connectivity index (χ0n) is 21.0. The fraction of sp³-hybridized carbons (Fsp3) is 0.357. The number of ketones is 1. The van der Waals surface area contributed by atoms with Gasteiger partial charge in [0.2, 0.25) is 0 Å². The van der Waals surface area contributed by atoms with E-state index in [1.165, 1.54) is 20.3 Å². The van der Waals surface area contributed by atoms with Crippen LogP contribution < -0.4 is 14.2 Å². The van der Waals surface area contributed by atoms with Gasteiger partial charge >= 0.3 is 0 Å². The number of aliphatic hydroxyl groups is 1. The van der Waals surface area contributed by atoms with Crippen LogP contribution in [0.4, 0.5) is 4.39 Å². The summed E-state index contributed by atoms with van der Waals surface area (Å²) in [6.45, 7) is 7.12. The lowest BCUT2D eigenvalue weighted by atomic mass is 9.92. The van der Waals surface area contributed by atoms with Crippen molar-refractivity contribution >= 4 is 5.78 Å². The molecule has 6 nitrogen and oxygen atoms in total. The normalized spacial score (nSPS) is 12.8. The molecule has 0 spiro atoms. The van der Waals surface area contributed by atoms with E-state index in [0.29, 0.717) is 45.3 Å². The van der Waals surface area contributed by atoms with Crippen LogP contribution in [-0.2, 0) is 5.60 Å². The Morgan fingerprint density at radius 2 is 1.71 bits per heavy atom. The van der Waals surface area contributed by atoms with E-state index in [-0.39, 0.29) is 30.5 Å². The van der Waals surface area contributed by atoms with E-state index in [1.807, 2.05) is 13.8 Å². The van der Waals surface area contributed by atoms with E-state index in [1.54, 1.807) is 56.3 Å². The number of nitrogens with zero attached hydrogens (tertiary/aromatic N) is 1. The van der Waals surface area contributed by atoms with E-state index >= 15 is 0 Å². The molecule has 1 unspecified atom stereocenters. The fourth-order valence-electron chi connectivity index (χ4n) is 3.73. The molecule has 7 heteroatoms. The van der Waals surface area contributed by atoms with Crippen LogP contribution >= 0.6 is 0 Å². The molecule has 3 aromatic rings. The molecule has 2 aromatic carbocycles. The highest BCUT2D eigenvalue weighted by Gasteiger charge is 2.28. The zero-order valence-corrected chi connectivity index (χ0v) is 21.0. The van der Waals surface area contributed by atoms with Crippen molar-refractivity contribution in [3.8, 4) is 28.5 Å². The van der Waals surface area contributed by atoms with Gasteiger partial charge in [-0.2, -0.15) is 0 Å². The van der Waals surface area contributed by atoms with Crippen molar-refractivity contribution in [2.75, 3.05) is 14.2 Å². The number of hydrogen-bond donors (Lipinski definition) is 1. The summed E-state index contributed by atoms with van der Waals surface area (Å²) in [5.74, 6) is 1.10. The van der Waals surface area contributed by atoms with Crippen molar-refractivity contribution in [1.82, 2.24) is 4.98 Å². The third-order valence-corrected chi connectivity index (χ3v) is 5.75. The van der Waals surface area contributed by atoms with Crippen molar-refractivity contribution in [1.29, 1.82) is 0 Å². The highest BCUT2D eigenvalue weighted by molar-refractivity contribution is 5.96. The van der Waals surface area contributed by atoms with Gasteiger partial charge in [-0.3, -0.25) is 4.79 Å². The van der Waals surface area contributed by atoms with Crippen molar-refractivity contribution < 1.29 is 28.5 Å². The van der Waals surface area contributed by atoms with Crippen LogP contribution in [-0.4, -0.2) is 36.2 Å². The first-order valence-electron chi connectivity index (χ1n) is 11.5. The first kappa shape index (κ1) is 26.2. The van der Waals surface area contributed by atoms with Gasteiger partial charge in [0, 0.05) is 17.5 Å². The van der Waals surface area contributed by atoms with Crippen LogP contribution in [0.25, 0.3) is 11.3 Å². The van der Waals surface area contributed by atoms with Gasteiger partial charge in [0.25, 0.3) is 0 Å². The van der Waals surface area contributed by atoms with Gasteiger partial charge in [0.15, 0.2) is 17.3 Å². The fourth-order valence-corrected chi connectivity index (χ4v) is 3.73. The lowest BCUT2D eigenvalue weighted by Gasteiger charge is -2.24. The molecule has 35 heavy (non-hydrogen) atoms. The van der Waals surface area contributed by atoms with Crippen molar-refractivity contribution in [3.05, 3.63) is 71.2 Å². The van der Waals surface area contributed by atoms with E-state index in [9.17, 15) is 14.3 Å². The molecule has 1 atom stereocenters. The zero-order chi connectivity index (χ0) is 25.8. The summed E-state index contributed by atoms with van der Waals surface area (Å²) in [5.41, 5.74) is 1.13. The van der Waals surface area contributed by atoms with E-state index in [0.717, 1.165) is 0 Å². The summed E-state index contributed by atoms with van der Waals surface area (Å²) in [4.78, 5) is 17.5. The van der Waals surface area contributed by atoms with Crippen LogP contribution in [0.15, 0.2) is 48.5 Å². The molecule has 1 heterocycles. The van der Waals surface area contributed by atoms with Crippen molar-refractivity contribution in [2.24, 2.45) is 0 Å². The van der Waals surface area contributed by atoms with Crippen LogP contribution in [0.3, 0.4) is 0 Å². The number of aromatic nitrogens is 1. The summed E-state index contributed by atoms with van der Waals surface area (Å²) < 4.78 is 30.3. The predicted molar refractivity (Wildman–Crippen MR) is 133 cm³/mol. The summed E-state index contributed by atoms with van der Waals surface area (Å²) in [6, 6.07) is 13.1. The van der Waals surface area contributed by atoms with Gasteiger partial charge in [0.1, 0.15) is 22.9 Å². The molecule has 0 aliphatic rings. The number of ether oxygens (including phenoxy) is 3. The number of methoxy groups -OCH3 is 2. The molecular weight excluding hydrogens is 449 g/mol. The van der Waals surface area contributed by atoms with Crippen LogP contribution in [0.1, 0.15) is 55.2 Å². The second kappa shape index (κ2) is 10.9. The summed E-state index contributed by atoms with van der Waals surface area (Å²) >= 11 is 0. The number of halogens is 1. The number of carbonyl (C=O) groups excluding carboxylic acids is 1. The number of Topliss-reactive ketones (excluding diaryl/α,β-unsaturated/α-hetero) is 1. The highest BCUT2D eigenvalue weighted by Crippen LogP contribution is 2.34. The summed E-state index contributed by atoms with van der Waals surface area (Å²) in [5, 5.41) is 11.2. The smallest absolute Gasteiger partial charge is 0.163 e. The Kier molecular flexibility index (Phi) is 8.12. The minimum Gasteiger partial charge on any atom is -0.494 e. The molecule has 0 radical (unpaired) electrons. The maximum atomic E-state index is 13.8. The molecule has 0 aliphatic heterocycles. The average Bonchev–Trinajstić information content (AvgIpc) is 2.83. The van der Waals surface area contributed by atoms with Crippen LogP contribution in [0, 0.1) is 12.7 Å². The van der Waals surface area contributed by atoms with Gasteiger partial charge in [-0.05, 0) is 88.2 Å². The number of hydrogen-bond acceptors (Lipinski definition) is 6. The van der Waals surface area contributed by atoms with Gasteiger partial charge in [-0.25, -0.2) is 9.37 Å². The second-order valence-corrected chi connectivity index (χ2v) is 8.94. The molecule has 0 amide bonds. The topological polar surface area (TPSA) is 77.9 Å². The largest absolute Gasteiger partial charge is 0.494 e. The second-order valence-electron chi connectivity index (χ2n) is 8.94. The molecule has 0 saturated heterocycles. The Balaban J connectivity index is 1.81. The molecule has 3 rings (SSSR count). The third kappa shape index (κ3) is 6.17. The molecular formula is C28H32FNO5. The van der Waals surface area contributed by atoms with Gasteiger partial charge in [0.05, 0.1) is 26.0 Å². The SMILES string of the molecule is COc1cc(C(=O)CCC(C)(O)c2ccc(OC)c(-c3ccc(F)c(C)c3)n2)ccc1OC(C)C. The molecule has 1 N–H and O–H groups in total. The lowest BCUT2D eigenvalue weighted by molar-refractivity contribution is 0.0397. The highest BCUT2D eigenvalue weighted by atomic mass is 19.1. The first-order chi connectivity index (χ1) is 16.6. The Labute approximate surface area is 205 Å². The molecule has 186 valence electrons. The molecule has 0 bridgehead atoms. The summed E-state index contributed by atoms with van der Waals surface area (Å²) in [7, 11) is 3.05. The molecule has 1 aromatic heterocycles. The van der Waals surface area contributed by atoms with E-state index in [2.05, 4.69) is 4.98 Å². The van der Waals surface area contributed by atoms with Crippen molar-refractivity contribution in [3.63, 3.8) is 0 Å². The Morgan fingerprint density at radius 1 is 1.03 bits per heavy atom. The number of pyridine rings is 1. The lowest BCUT2D eigenvalue weighted by Crippen LogP contribution is -2.24. The minimum absolute atomic E-state index is 0.0266. The van der Waals surface area contributed by atoms with Gasteiger partial charge < -0.3 is 19.3 Å². The van der Waals surface area contributed by atoms with Gasteiger partial charge in [-0.15, -0.1) is 0 Å². The third-order valence-electron chi connectivity index (χ3n) is 5.75. The van der Waals surface area contributed by atoms with E-state index < -0.39 is 5.60 Å². The summed E-state index contributed by atoms with van der Waals surface area (Å²) in [6.07, 6.45) is 0.222. The molecule has 0 aliphatic carbocycles. The molecule has 0 fully saturated rings.